The summed E-state index contributed by atoms with van der Waals surface area (Å²) in [4.78, 5) is 25.4. The molecule has 5 heteroatoms. The van der Waals surface area contributed by atoms with Crippen molar-refractivity contribution in [1.29, 1.82) is 0 Å². The van der Waals surface area contributed by atoms with Crippen molar-refractivity contribution in [3.63, 3.8) is 0 Å². The highest BCUT2D eigenvalue weighted by atomic mass is 16.5. The van der Waals surface area contributed by atoms with E-state index in [4.69, 9.17) is 4.74 Å². The third-order valence-corrected chi connectivity index (χ3v) is 4.91. The molecule has 0 aliphatic heterocycles. The van der Waals surface area contributed by atoms with Gasteiger partial charge in [0.25, 0.3) is 5.56 Å². The quantitative estimate of drug-likeness (QED) is 0.645. The fourth-order valence-corrected chi connectivity index (χ4v) is 3.48. The fourth-order valence-electron chi connectivity index (χ4n) is 3.48. The van der Waals surface area contributed by atoms with Crippen LogP contribution in [0.4, 0.5) is 0 Å². The largest absolute Gasteiger partial charge is 0.459 e. The van der Waals surface area contributed by atoms with Gasteiger partial charge < -0.3 is 14.4 Å². The topological polar surface area (TPSA) is 68.5 Å². The van der Waals surface area contributed by atoms with Crippen LogP contribution in [-0.2, 0) is 28.6 Å². The van der Waals surface area contributed by atoms with Crippen LogP contribution in [0.3, 0.4) is 0 Å². The lowest BCUT2D eigenvalue weighted by Crippen LogP contribution is -2.23. The Hall–Kier alpha value is -3.10. The molecule has 1 heterocycles. The average Bonchev–Trinajstić information content (AvgIpc) is 3.01. The van der Waals surface area contributed by atoms with Gasteiger partial charge in [-0.3, -0.25) is 4.79 Å². The SMILES string of the molecule is CC1=C(C(=O)OC(C)C)c2c(C#CC(C)(O)c3ccccc3)cn(C)c(=O)c2C1. The number of aromatic nitrogens is 1. The zero-order chi connectivity index (χ0) is 21.3. The van der Waals surface area contributed by atoms with Crippen LogP contribution >= 0.6 is 0 Å². The lowest BCUT2D eigenvalue weighted by molar-refractivity contribution is -0.140. The van der Waals surface area contributed by atoms with Crippen LogP contribution in [-0.4, -0.2) is 21.7 Å². The van der Waals surface area contributed by atoms with Gasteiger partial charge in [0, 0.05) is 36.4 Å². The Morgan fingerprint density at radius 1 is 1.28 bits per heavy atom. The number of benzene rings is 1. The second kappa shape index (κ2) is 7.73. The maximum atomic E-state index is 12.7. The number of nitrogens with zero attached hydrogens (tertiary/aromatic N) is 1. The first-order chi connectivity index (χ1) is 13.6. The number of aliphatic hydroxyl groups is 1. The Morgan fingerprint density at radius 2 is 1.93 bits per heavy atom. The van der Waals surface area contributed by atoms with Crippen molar-refractivity contribution in [2.24, 2.45) is 7.05 Å². The monoisotopic (exact) mass is 391 g/mol. The Bertz CT molecular complexity index is 1110. The van der Waals surface area contributed by atoms with Gasteiger partial charge in [-0.05, 0) is 33.3 Å². The van der Waals surface area contributed by atoms with E-state index in [1.165, 1.54) is 4.57 Å². The molecule has 1 aliphatic rings. The predicted octanol–water partition coefficient (Wildman–Crippen LogP) is 2.93. The van der Waals surface area contributed by atoms with Crippen LogP contribution in [0, 0.1) is 11.8 Å². The first-order valence-corrected chi connectivity index (χ1v) is 9.56. The summed E-state index contributed by atoms with van der Waals surface area (Å²) in [6.07, 6.45) is 1.72. The van der Waals surface area contributed by atoms with Crippen LogP contribution < -0.4 is 5.56 Å². The molecule has 2 aromatic rings. The molecule has 29 heavy (non-hydrogen) atoms. The molecule has 0 saturated heterocycles. The van der Waals surface area contributed by atoms with Gasteiger partial charge in [-0.2, -0.15) is 0 Å². The number of aryl methyl sites for hydroxylation is 1. The predicted molar refractivity (Wildman–Crippen MR) is 112 cm³/mol. The standard InChI is InChI=1S/C24H25NO4/c1-15(2)29-23(27)20-16(3)13-19-21(20)17(14-25(5)22(19)26)11-12-24(4,28)18-9-7-6-8-10-18/h6-10,14-15,28H,13H2,1-5H3. The number of allylic oxidation sites excluding steroid dienone is 1. The van der Waals surface area contributed by atoms with Gasteiger partial charge in [0.05, 0.1) is 11.7 Å². The highest BCUT2D eigenvalue weighted by Gasteiger charge is 2.31. The number of esters is 1. The van der Waals surface area contributed by atoms with Gasteiger partial charge in [-0.25, -0.2) is 4.79 Å². The third-order valence-electron chi connectivity index (χ3n) is 4.91. The summed E-state index contributed by atoms with van der Waals surface area (Å²) in [5, 5.41) is 10.8. The second-order valence-corrected chi connectivity index (χ2v) is 7.79. The molecule has 0 fully saturated rings. The lowest BCUT2D eigenvalue weighted by atomic mass is 9.95. The minimum absolute atomic E-state index is 0.160. The Balaban J connectivity index is 2.14. The van der Waals surface area contributed by atoms with E-state index >= 15 is 0 Å². The van der Waals surface area contributed by atoms with Crippen LogP contribution in [0.15, 0.2) is 46.9 Å². The van der Waals surface area contributed by atoms with Crippen LogP contribution in [0.2, 0.25) is 0 Å². The number of carbonyl (C=O) groups is 1. The molecule has 3 rings (SSSR count). The van der Waals surface area contributed by atoms with E-state index < -0.39 is 11.6 Å². The number of hydrogen-bond donors (Lipinski definition) is 1. The van der Waals surface area contributed by atoms with Crippen molar-refractivity contribution in [2.75, 3.05) is 0 Å². The molecular formula is C24H25NO4. The van der Waals surface area contributed by atoms with Gasteiger partial charge in [0.15, 0.2) is 0 Å². The number of fused-ring (bicyclic) bond motifs is 1. The van der Waals surface area contributed by atoms with Crippen molar-refractivity contribution in [3.05, 3.63) is 74.7 Å². The van der Waals surface area contributed by atoms with Crippen molar-refractivity contribution in [3.8, 4) is 11.8 Å². The van der Waals surface area contributed by atoms with E-state index in [1.54, 1.807) is 46.1 Å². The molecule has 150 valence electrons. The molecule has 1 atom stereocenters. The van der Waals surface area contributed by atoms with Gasteiger partial charge in [-0.1, -0.05) is 47.7 Å². The first kappa shape index (κ1) is 20.6. The summed E-state index contributed by atoms with van der Waals surface area (Å²) in [5.74, 6) is 5.45. The number of ether oxygens (including phenoxy) is 1. The van der Waals surface area contributed by atoms with Gasteiger partial charge in [-0.15, -0.1) is 0 Å². The lowest BCUT2D eigenvalue weighted by Gasteiger charge is -2.17. The average molecular weight is 391 g/mol. The van der Waals surface area contributed by atoms with E-state index in [2.05, 4.69) is 11.8 Å². The third kappa shape index (κ3) is 4.03. The summed E-state index contributed by atoms with van der Waals surface area (Å²) < 4.78 is 6.86. The Kier molecular flexibility index (Phi) is 5.50. The van der Waals surface area contributed by atoms with Crippen molar-refractivity contribution in [2.45, 2.75) is 45.8 Å². The summed E-state index contributed by atoms with van der Waals surface area (Å²) in [5.41, 5.74) is 1.89. The van der Waals surface area contributed by atoms with Crippen LogP contribution in [0.1, 0.15) is 49.9 Å². The second-order valence-electron chi connectivity index (χ2n) is 7.79. The van der Waals surface area contributed by atoms with E-state index in [0.29, 0.717) is 34.2 Å². The van der Waals surface area contributed by atoms with E-state index in [-0.39, 0.29) is 11.7 Å². The molecule has 0 bridgehead atoms. The van der Waals surface area contributed by atoms with Gasteiger partial charge >= 0.3 is 5.97 Å². The first-order valence-electron chi connectivity index (χ1n) is 9.56. The summed E-state index contributed by atoms with van der Waals surface area (Å²) in [6.45, 7) is 7.01. The smallest absolute Gasteiger partial charge is 0.339 e. The maximum absolute atomic E-state index is 12.7. The molecule has 1 unspecified atom stereocenters. The summed E-state index contributed by atoms with van der Waals surface area (Å²) in [7, 11) is 1.66. The van der Waals surface area contributed by atoms with E-state index in [1.807, 2.05) is 25.1 Å². The van der Waals surface area contributed by atoms with Gasteiger partial charge in [0.1, 0.15) is 5.60 Å². The Labute approximate surface area is 170 Å². The summed E-state index contributed by atoms with van der Waals surface area (Å²) >= 11 is 0. The molecular weight excluding hydrogens is 366 g/mol. The van der Waals surface area contributed by atoms with E-state index in [9.17, 15) is 14.7 Å². The highest BCUT2D eigenvalue weighted by molar-refractivity contribution is 6.20. The van der Waals surface area contributed by atoms with Gasteiger partial charge in [0.2, 0.25) is 0 Å². The Morgan fingerprint density at radius 3 is 2.55 bits per heavy atom. The highest BCUT2D eigenvalue weighted by Crippen LogP contribution is 2.34. The number of pyridine rings is 1. The fraction of sp³-hybridized carbons (Fsp3) is 0.333. The molecule has 0 saturated carbocycles. The molecule has 5 nitrogen and oxygen atoms in total. The zero-order valence-electron chi connectivity index (χ0n) is 17.4. The number of carbonyl (C=O) groups excluding carboxylic acids is 1. The van der Waals surface area contributed by atoms with Crippen molar-refractivity contribution in [1.82, 2.24) is 4.57 Å². The molecule has 0 radical (unpaired) electrons. The molecule has 1 aromatic carbocycles. The van der Waals surface area contributed by atoms with E-state index in [0.717, 1.165) is 5.57 Å². The van der Waals surface area contributed by atoms with Crippen molar-refractivity contribution < 1.29 is 14.6 Å². The molecule has 1 aliphatic carbocycles. The normalized spacial score (nSPS) is 14.9. The minimum atomic E-state index is -1.38. The van der Waals surface area contributed by atoms with Crippen LogP contribution in [0.25, 0.3) is 5.57 Å². The maximum Gasteiger partial charge on any atom is 0.339 e. The summed E-state index contributed by atoms with van der Waals surface area (Å²) in [6, 6.07) is 9.14. The van der Waals surface area contributed by atoms with Crippen molar-refractivity contribution >= 4 is 11.5 Å². The minimum Gasteiger partial charge on any atom is -0.459 e. The number of rotatable bonds is 3. The molecule has 0 spiro atoms. The molecule has 0 amide bonds. The molecule has 1 aromatic heterocycles. The zero-order valence-corrected chi connectivity index (χ0v) is 17.4. The number of hydrogen-bond acceptors (Lipinski definition) is 4. The van der Waals surface area contributed by atoms with Crippen LogP contribution in [0.5, 0.6) is 0 Å². The molecule has 1 N–H and O–H groups in total.